The number of Topliss-reactive ketones (excluding diaryl/α,β-unsaturated/α-hetero) is 1. The highest BCUT2D eigenvalue weighted by Gasteiger charge is 2.31. The van der Waals surface area contributed by atoms with Crippen LogP contribution in [-0.2, 0) is 19.7 Å². The average molecular weight is 292 g/mol. The lowest BCUT2D eigenvalue weighted by Gasteiger charge is -2.29. The maximum absolute atomic E-state index is 11.9. The average Bonchev–Trinajstić information content (AvgIpc) is 2.27. The van der Waals surface area contributed by atoms with Gasteiger partial charge in [0.15, 0.2) is 0 Å². The van der Waals surface area contributed by atoms with Gasteiger partial charge in [0.25, 0.3) is 0 Å². The SMILES string of the molecule is CC(C)OC(=O)NS(=O)(=O)N(C)C1CCC(=O)CC1. The summed E-state index contributed by atoms with van der Waals surface area (Å²) in [6, 6.07) is -0.262. The summed E-state index contributed by atoms with van der Waals surface area (Å²) < 4.78 is 31.5. The fraction of sp³-hybridized carbons (Fsp3) is 0.818. The molecule has 1 amide bonds. The molecule has 1 fully saturated rings. The zero-order valence-electron chi connectivity index (χ0n) is 11.4. The lowest BCUT2D eigenvalue weighted by atomic mass is 9.95. The Balaban J connectivity index is 2.61. The minimum Gasteiger partial charge on any atom is -0.446 e. The van der Waals surface area contributed by atoms with Gasteiger partial charge in [-0.1, -0.05) is 0 Å². The molecular weight excluding hydrogens is 272 g/mol. The van der Waals surface area contributed by atoms with E-state index in [1.807, 2.05) is 4.72 Å². The maximum atomic E-state index is 11.9. The number of nitrogens with one attached hydrogen (secondary N) is 1. The molecule has 110 valence electrons. The van der Waals surface area contributed by atoms with Crippen LogP contribution in [0.3, 0.4) is 0 Å². The summed E-state index contributed by atoms with van der Waals surface area (Å²) in [5.41, 5.74) is 0. The third-order valence-corrected chi connectivity index (χ3v) is 4.44. The molecule has 0 aromatic carbocycles. The number of carbonyl (C=O) groups excluding carboxylic acids is 2. The van der Waals surface area contributed by atoms with Crippen LogP contribution in [0.1, 0.15) is 39.5 Å². The van der Waals surface area contributed by atoms with Crippen molar-refractivity contribution in [2.24, 2.45) is 0 Å². The van der Waals surface area contributed by atoms with Crippen LogP contribution < -0.4 is 4.72 Å². The van der Waals surface area contributed by atoms with Gasteiger partial charge in [-0.2, -0.15) is 12.7 Å². The van der Waals surface area contributed by atoms with E-state index in [2.05, 4.69) is 0 Å². The largest absolute Gasteiger partial charge is 0.446 e. The van der Waals surface area contributed by atoms with Crippen LogP contribution in [0.5, 0.6) is 0 Å². The maximum Gasteiger partial charge on any atom is 0.422 e. The molecule has 0 aromatic rings. The van der Waals surface area contributed by atoms with E-state index >= 15 is 0 Å². The molecule has 0 aliphatic heterocycles. The fourth-order valence-corrected chi connectivity index (χ4v) is 2.91. The predicted octanol–water partition coefficient (Wildman–Crippen LogP) is 0.809. The summed E-state index contributed by atoms with van der Waals surface area (Å²) in [5, 5.41) is 0. The van der Waals surface area contributed by atoms with Gasteiger partial charge in [-0.3, -0.25) is 4.79 Å². The van der Waals surface area contributed by atoms with Crippen LogP contribution in [0, 0.1) is 0 Å². The van der Waals surface area contributed by atoms with Crippen LogP contribution in [0.15, 0.2) is 0 Å². The molecule has 0 aromatic heterocycles. The van der Waals surface area contributed by atoms with Gasteiger partial charge >= 0.3 is 16.3 Å². The standard InChI is InChI=1S/C11H20N2O5S/c1-8(2)18-11(15)12-19(16,17)13(3)9-4-6-10(14)7-5-9/h8-9H,4-7H2,1-3H3,(H,12,15). The molecule has 0 heterocycles. The normalized spacial score (nSPS) is 17.8. The van der Waals surface area contributed by atoms with Gasteiger partial charge in [0.05, 0.1) is 6.10 Å². The van der Waals surface area contributed by atoms with E-state index in [0.717, 1.165) is 4.31 Å². The number of ether oxygens (including phenoxy) is 1. The van der Waals surface area contributed by atoms with Gasteiger partial charge in [-0.15, -0.1) is 0 Å². The molecule has 0 saturated heterocycles. The number of ketones is 1. The fourth-order valence-electron chi connectivity index (χ4n) is 1.90. The summed E-state index contributed by atoms with van der Waals surface area (Å²) in [6.07, 6.45) is 0.328. The van der Waals surface area contributed by atoms with Crippen molar-refractivity contribution in [1.29, 1.82) is 0 Å². The summed E-state index contributed by atoms with van der Waals surface area (Å²) in [7, 11) is -2.53. The molecule has 0 unspecified atom stereocenters. The van der Waals surface area contributed by atoms with Crippen molar-refractivity contribution in [2.75, 3.05) is 7.05 Å². The molecule has 0 radical (unpaired) electrons. The van der Waals surface area contributed by atoms with Crippen LogP contribution in [-0.4, -0.2) is 43.8 Å². The van der Waals surface area contributed by atoms with Crippen LogP contribution in [0.2, 0.25) is 0 Å². The Kier molecular flexibility index (Phi) is 5.30. The molecule has 1 aliphatic carbocycles. The van der Waals surface area contributed by atoms with E-state index in [1.165, 1.54) is 7.05 Å². The van der Waals surface area contributed by atoms with Crippen molar-refractivity contribution >= 4 is 22.1 Å². The molecule has 1 N–H and O–H groups in total. The van der Waals surface area contributed by atoms with E-state index in [4.69, 9.17) is 4.74 Å². The molecule has 19 heavy (non-hydrogen) atoms. The zero-order chi connectivity index (χ0) is 14.6. The van der Waals surface area contributed by atoms with E-state index in [9.17, 15) is 18.0 Å². The van der Waals surface area contributed by atoms with Crippen molar-refractivity contribution < 1.29 is 22.7 Å². The minimum atomic E-state index is -3.92. The molecule has 0 bridgehead atoms. The lowest BCUT2D eigenvalue weighted by molar-refractivity contribution is -0.120. The highest BCUT2D eigenvalue weighted by atomic mass is 32.2. The van der Waals surface area contributed by atoms with Gasteiger partial charge in [-0.25, -0.2) is 9.52 Å². The Morgan fingerprint density at radius 3 is 2.37 bits per heavy atom. The topological polar surface area (TPSA) is 92.8 Å². The Morgan fingerprint density at radius 1 is 1.37 bits per heavy atom. The Bertz CT molecular complexity index is 436. The van der Waals surface area contributed by atoms with Gasteiger partial charge < -0.3 is 4.74 Å². The molecule has 0 spiro atoms. The number of hydrogen-bond donors (Lipinski definition) is 1. The van der Waals surface area contributed by atoms with E-state index < -0.39 is 22.4 Å². The highest BCUT2D eigenvalue weighted by molar-refractivity contribution is 7.87. The first-order valence-electron chi connectivity index (χ1n) is 6.20. The monoisotopic (exact) mass is 292 g/mol. The van der Waals surface area contributed by atoms with E-state index in [0.29, 0.717) is 25.7 Å². The van der Waals surface area contributed by atoms with Crippen molar-refractivity contribution in [1.82, 2.24) is 9.03 Å². The molecule has 1 aliphatic rings. The molecule has 8 heteroatoms. The number of carbonyl (C=O) groups is 2. The number of nitrogens with zero attached hydrogens (tertiary/aromatic N) is 1. The second-order valence-corrected chi connectivity index (χ2v) is 6.58. The molecular formula is C11H20N2O5S. The summed E-state index contributed by atoms with van der Waals surface area (Å²) in [6.45, 7) is 3.26. The Labute approximate surface area is 113 Å². The first kappa shape index (κ1) is 15.9. The van der Waals surface area contributed by atoms with Gasteiger partial charge in [0.1, 0.15) is 5.78 Å². The molecule has 7 nitrogen and oxygen atoms in total. The summed E-state index contributed by atoms with van der Waals surface area (Å²) in [4.78, 5) is 22.4. The minimum absolute atomic E-state index is 0.147. The first-order valence-corrected chi connectivity index (χ1v) is 7.64. The van der Waals surface area contributed by atoms with Gasteiger partial charge in [0, 0.05) is 25.9 Å². The van der Waals surface area contributed by atoms with Crippen molar-refractivity contribution in [2.45, 2.75) is 51.7 Å². The quantitative estimate of drug-likeness (QED) is 0.827. The lowest BCUT2D eigenvalue weighted by Crippen LogP contribution is -2.47. The Morgan fingerprint density at radius 2 is 1.89 bits per heavy atom. The first-order chi connectivity index (χ1) is 8.72. The molecule has 1 saturated carbocycles. The zero-order valence-corrected chi connectivity index (χ0v) is 12.2. The second-order valence-electron chi connectivity index (χ2n) is 4.85. The summed E-state index contributed by atoms with van der Waals surface area (Å²) in [5.74, 6) is 0.147. The van der Waals surface area contributed by atoms with Crippen LogP contribution in [0.25, 0.3) is 0 Å². The van der Waals surface area contributed by atoms with Crippen LogP contribution in [0.4, 0.5) is 4.79 Å². The Hall–Kier alpha value is -1.15. The smallest absolute Gasteiger partial charge is 0.422 e. The van der Waals surface area contributed by atoms with E-state index in [-0.39, 0.29) is 11.8 Å². The van der Waals surface area contributed by atoms with Crippen molar-refractivity contribution in [3.63, 3.8) is 0 Å². The van der Waals surface area contributed by atoms with Crippen molar-refractivity contribution in [3.8, 4) is 0 Å². The number of rotatable bonds is 4. The predicted molar refractivity (Wildman–Crippen MR) is 68.7 cm³/mol. The number of amides is 1. The van der Waals surface area contributed by atoms with Crippen LogP contribution >= 0.6 is 0 Å². The highest BCUT2D eigenvalue weighted by Crippen LogP contribution is 2.21. The third-order valence-electron chi connectivity index (χ3n) is 2.96. The molecule has 1 rings (SSSR count). The summed E-state index contributed by atoms with van der Waals surface area (Å²) >= 11 is 0. The van der Waals surface area contributed by atoms with E-state index in [1.54, 1.807) is 13.8 Å². The third kappa shape index (κ3) is 4.79. The number of hydrogen-bond acceptors (Lipinski definition) is 5. The van der Waals surface area contributed by atoms with Crippen molar-refractivity contribution in [3.05, 3.63) is 0 Å². The molecule has 0 atom stereocenters. The van der Waals surface area contributed by atoms with Gasteiger partial charge in [0.2, 0.25) is 0 Å². The van der Waals surface area contributed by atoms with Gasteiger partial charge in [-0.05, 0) is 26.7 Å². The second kappa shape index (κ2) is 6.33.